The Bertz CT molecular complexity index is 1050. The molecule has 130 valence electrons. The molecule has 0 aliphatic carbocycles. The van der Waals surface area contributed by atoms with Crippen LogP contribution in [-0.4, -0.2) is 32.0 Å². The van der Waals surface area contributed by atoms with Gasteiger partial charge in [-0.3, -0.25) is 9.48 Å². The van der Waals surface area contributed by atoms with Crippen molar-refractivity contribution < 1.29 is 4.79 Å². The SMILES string of the molecule is Cn1nc(C(=O)NCCc2ccn(-c3ccccc3)n2)c2ccccc21. The molecule has 2 aromatic carbocycles. The second kappa shape index (κ2) is 6.84. The molecule has 0 unspecified atom stereocenters. The molecule has 1 N–H and O–H groups in total. The maximum Gasteiger partial charge on any atom is 0.272 e. The molecule has 6 heteroatoms. The van der Waals surface area contributed by atoms with E-state index >= 15 is 0 Å². The Morgan fingerprint density at radius 1 is 1.00 bits per heavy atom. The third-order valence-electron chi connectivity index (χ3n) is 4.30. The Kier molecular flexibility index (Phi) is 4.23. The summed E-state index contributed by atoms with van der Waals surface area (Å²) in [5.74, 6) is -0.163. The molecule has 0 bridgehead atoms. The van der Waals surface area contributed by atoms with Crippen molar-refractivity contribution in [3.63, 3.8) is 0 Å². The number of para-hydroxylation sites is 2. The molecule has 0 aliphatic rings. The molecule has 4 rings (SSSR count). The van der Waals surface area contributed by atoms with E-state index in [1.54, 1.807) is 4.68 Å². The van der Waals surface area contributed by atoms with Crippen molar-refractivity contribution in [2.24, 2.45) is 7.05 Å². The molecule has 0 saturated carbocycles. The maximum atomic E-state index is 12.5. The van der Waals surface area contributed by atoms with Crippen LogP contribution in [0.4, 0.5) is 0 Å². The van der Waals surface area contributed by atoms with Crippen molar-refractivity contribution in [2.45, 2.75) is 6.42 Å². The Labute approximate surface area is 151 Å². The van der Waals surface area contributed by atoms with Gasteiger partial charge in [-0.15, -0.1) is 0 Å². The average molecular weight is 345 g/mol. The van der Waals surface area contributed by atoms with Crippen LogP contribution in [0.15, 0.2) is 66.9 Å². The summed E-state index contributed by atoms with van der Waals surface area (Å²) in [6.07, 6.45) is 2.59. The van der Waals surface area contributed by atoms with E-state index in [1.807, 2.05) is 78.6 Å². The number of nitrogens with zero attached hydrogens (tertiary/aromatic N) is 4. The van der Waals surface area contributed by atoms with Crippen molar-refractivity contribution in [1.82, 2.24) is 24.9 Å². The number of carbonyl (C=O) groups excluding carboxylic acids is 1. The van der Waals surface area contributed by atoms with E-state index in [9.17, 15) is 4.79 Å². The third kappa shape index (κ3) is 3.09. The van der Waals surface area contributed by atoms with Gasteiger partial charge >= 0.3 is 0 Å². The first-order valence-corrected chi connectivity index (χ1v) is 8.52. The molecule has 0 spiro atoms. The summed E-state index contributed by atoms with van der Waals surface area (Å²) in [4.78, 5) is 12.5. The maximum absolute atomic E-state index is 12.5. The molecular weight excluding hydrogens is 326 g/mol. The minimum absolute atomic E-state index is 0.163. The van der Waals surface area contributed by atoms with E-state index in [1.165, 1.54) is 0 Å². The number of hydrogen-bond donors (Lipinski definition) is 1. The van der Waals surface area contributed by atoms with Crippen molar-refractivity contribution in [3.05, 3.63) is 78.2 Å². The van der Waals surface area contributed by atoms with Crippen molar-refractivity contribution in [3.8, 4) is 5.69 Å². The summed E-state index contributed by atoms with van der Waals surface area (Å²) >= 11 is 0. The molecular formula is C20H19N5O. The molecule has 0 radical (unpaired) electrons. The van der Waals surface area contributed by atoms with Gasteiger partial charge in [-0.05, 0) is 24.3 Å². The van der Waals surface area contributed by atoms with Crippen LogP contribution in [0, 0.1) is 0 Å². The summed E-state index contributed by atoms with van der Waals surface area (Å²) in [5.41, 5.74) is 3.35. The standard InChI is InChI=1S/C20H19N5O/c1-24-18-10-6-5-9-17(18)19(23-24)20(26)21-13-11-15-12-14-25(22-15)16-7-3-2-4-8-16/h2-10,12,14H,11,13H2,1H3,(H,21,26). The minimum atomic E-state index is -0.163. The normalized spacial score (nSPS) is 11.0. The van der Waals surface area contributed by atoms with Crippen LogP contribution in [0.5, 0.6) is 0 Å². The van der Waals surface area contributed by atoms with Crippen molar-refractivity contribution >= 4 is 16.8 Å². The molecule has 2 aromatic heterocycles. The quantitative estimate of drug-likeness (QED) is 0.605. The van der Waals surface area contributed by atoms with E-state index < -0.39 is 0 Å². The van der Waals surface area contributed by atoms with Gasteiger partial charge < -0.3 is 5.32 Å². The summed E-state index contributed by atoms with van der Waals surface area (Å²) in [6.45, 7) is 0.509. The summed E-state index contributed by atoms with van der Waals surface area (Å²) in [7, 11) is 1.84. The lowest BCUT2D eigenvalue weighted by atomic mass is 10.2. The molecule has 0 fully saturated rings. The van der Waals surface area contributed by atoms with Gasteiger partial charge in [0.1, 0.15) is 0 Å². The van der Waals surface area contributed by atoms with Gasteiger partial charge in [0.2, 0.25) is 0 Å². The van der Waals surface area contributed by atoms with Gasteiger partial charge in [-0.2, -0.15) is 10.2 Å². The Morgan fingerprint density at radius 3 is 2.62 bits per heavy atom. The first-order chi connectivity index (χ1) is 12.7. The highest BCUT2D eigenvalue weighted by atomic mass is 16.1. The average Bonchev–Trinajstić information content (AvgIpc) is 3.28. The van der Waals surface area contributed by atoms with E-state index in [0.717, 1.165) is 22.3 Å². The van der Waals surface area contributed by atoms with Crippen LogP contribution in [0.1, 0.15) is 16.2 Å². The topological polar surface area (TPSA) is 64.7 Å². The fourth-order valence-electron chi connectivity index (χ4n) is 2.99. The molecule has 0 aliphatic heterocycles. The predicted molar refractivity (Wildman–Crippen MR) is 100 cm³/mol. The lowest BCUT2D eigenvalue weighted by molar-refractivity contribution is 0.0950. The van der Waals surface area contributed by atoms with E-state index in [2.05, 4.69) is 15.5 Å². The first kappa shape index (κ1) is 16.1. The van der Waals surface area contributed by atoms with Gasteiger partial charge in [-0.25, -0.2) is 4.68 Å². The van der Waals surface area contributed by atoms with Gasteiger partial charge in [0.25, 0.3) is 5.91 Å². The molecule has 26 heavy (non-hydrogen) atoms. The Morgan fingerprint density at radius 2 is 1.77 bits per heavy atom. The van der Waals surface area contributed by atoms with E-state index in [-0.39, 0.29) is 5.91 Å². The fourth-order valence-corrected chi connectivity index (χ4v) is 2.99. The van der Waals surface area contributed by atoms with Crippen LogP contribution < -0.4 is 5.32 Å². The number of aryl methyl sites for hydroxylation is 1. The fraction of sp³-hybridized carbons (Fsp3) is 0.150. The zero-order chi connectivity index (χ0) is 17.9. The Hall–Kier alpha value is -3.41. The Balaban J connectivity index is 1.40. The first-order valence-electron chi connectivity index (χ1n) is 8.52. The van der Waals surface area contributed by atoms with Crippen LogP contribution >= 0.6 is 0 Å². The summed E-state index contributed by atoms with van der Waals surface area (Å²) in [5, 5.41) is 12.7. The summed E-state index contributed by atoms with van der Waals surface area (Å²) in [6, 6.07) is 19.6. The number of rotatable bonds is 5. The molecule has 0 saturated heterocycles. The number of nitrogens with one attached hydrogen (secondary N) is 1. The van der Waals surface area contributed by atoms with Gasteiger partial charge in [0.05, 0.1) is 16.9 Å². The molecule has 4 aromatic rings. The number of aromatic nitrogens is 4. The molecule has 1 amide bonds. The van der Waals surface area contributed by atoms with Crippen molar-refractivity contribution in [1.29, 1.82) is 0 Å². The zero-order valence-corrected chi connectivity index (χ0v) is 14.5. The third-order valence-corrected chi connectivity index (χ3v) is 4.30. The second-order valence-electron chi connectivity index (χ2n) is 6.08. The molecule has 0 atom stereocenters. The lowest BCUT2D eigenvalue weighted by Gasteiger charge is -2.02. The highest BCUT2D eigenvalue weighted by molar-refractivity contribution is 6.04. The van der Waals surface area contributed by atoms with Crippen LogP contribution in [0.3, 0.4) is 0 Å². The van der Waals surface area contributed by atoms with Gasteiger partial charge in [0.15, 0.2) is 5.69 Å². The van der Waals surface area contributed by atoms with Gasteiger partial charge in [-0.1, -0.05) is 36.4 Å². The minimum Gasteiger partial charge on any atom is -0.350 e. The number of amides is 1. The monoisotopic (exact) mass is 345 g/mol. The number of benzene rings is 2. The number of hydrogen-bond acceptors (Lipinski definition) is 3. The van der Waals surface area contributed by atoms with Crippen molar-refractivity contribution in [2.75, 3.05) is 6.54 Å². The highest BCUT2D eigenvalue weighted by Gasteiger charge is 2.15. The smallest absolute Gasteiger partial charge is 0.272 e. The van der Waals surface area contributed by atoms with E-state index in [0.29, 0.717) is 18.7 Å². The number of carbonyl (C=O) groups is 1. The van der Waals surface area contributed by atoms with Crippen LogP contribution in [0.25, 0.3) is 16.6 Å². The van der Waals surface area contributed by atoms with Crippen LogP contribution in [-0.2, 0) is 13.5 Å². The second-order valence-corrected chi connectivity index (χ2v) is 6.08. The molecule has 6 nitrogen and oxygen atoms in total. The zero-order valence-electron chi connectivity index (χ0n) is 14.5. The van der Waals surface area contributed by atoms with Gasteiger partial charge in [0, 0.05) is 31.6 Å². The highest BCUT2D eigenvalue weighted by Crippen LogP contribution is 2.17. The largest absolute Gasteiger partial charge is 0.350 e. The molecule has 2 heterocycles. The van der Waals surface area contributed by atoms with Crippen LogP contribution in [0.2, 0.25) is 0 Å². The lowest BCUT2D eigenvalue weighted by Crippen LogP contribution is -2.26. The predicted octanol–water partition coefficient (Wildman–Crippen LogP) is 2.73. The number of fused-ring (bicyclic) bond motifs is 1. The van der Waals surface area contributed by atoms with E-state index in [4.69, 9.17) is 0 Å². The summed E-state index contributed by atoms with van der Waals surface area (Å²) < 4.78 is 3.56.